The van der Waals surface area contributed by atoms with Crippen LogP contribution < -0.4 is 5.32 Å². The summed E-state index contributed by atoms with van der Waals surface area (Å²) in [6, 6.07) is 4.54. The fourth-order valence-electron chi connectivity index (χ4n) is 2.35. The maximum Gasteiger partial charge on any atom is 0.131 e. The Labute approximate surface area is 108 Å². The third kappa shape index (κ3) is 3.86. The Hall–Kier alpha value is -0.800. The van der Waals surface area contributed by atoms with Gasteiger partial charge in [0, 0.05) is 31.0 Å². The van der Waals surface area contributed by atoms with E-state index < -0.39 is 0 Å². The minimum absolute atomic E-state index is 0.543. The molecule has 0 radical (unpaired) electrons. The summed E-state index contributed by atoms with van der Waals surface area (Å²) in [5, 5.41) is 3.93. The predicted molar refractivity (Wildman–Crippen MR) is 72.6 cm³/mol. The van der Waals surface area contributed by atoms with Crippen molar-refractivity contribution in [1.82, 2.24) is 9.88 Å². The van der Waals surface area contributed by atoms with Crippen LogP contribution in [0, 0.1) is 0 Å². The van der Waals surface area contributed by atoms with Gasteiger partial charge in [0.05, 0.1) is 0 Å². The summed E-state index contributed by atoms with van der Waals surface area (Å²) in [5.74, 6) is 0. The molecule has 0 amide bonds. The summed E-state index contributed by atoms with van der Waals surface area (Å²) in [6.45, 7) is 5.62. The molecule has 0 aliphatic carbocycles. The third-order valence-electron chi connectivity index (χ3n) is 3.40. The third-order valence-corrected chi connectivity index (χ3v) is 3.60. The molecule has 1 aliphatic heterocycles. The van der Waals surface area contributed by atoms with Gasteiger partial charge in [-0.2, -0.15) is 0 Å². The molecular formula is C13H20ClN3. The van der Waals surface area contributed by atoms with Crippen molar-refractivity contribution >= 4 is 17.3 Å². The molecule has 3 nitrogen and oxygen atoms in total. The molecule has 0 spiro atoms. The van der Waals surface area contributed by atoms with E-state index in [0.717, 1.165) is 24.8 Å². The van der Waals surface area contributed by atoms with Crippen LogP contribution in [-0.2, 0) is 0 Å². The van der Waals surface area contributed by atoms with Crippen LogP contribution in [0.2, 0.25) is 5.15 Å². The number of anilines is 1. The van der Waals surface area contributed by atoms with E-state index in [2.05, 4.69) is 22.1 Å². The van der Waals surface area contributed by atoms with E-state index in [-0.39, 0.29) is 0 Å². The molecular weight excluding hydrogens is 234 g/mol. The zero-order chi connectivity index (χ0) is 12.1. The zero-order valence-electron chi connectivity index (χ0n) is 10.3. The van der Waals surface area contributed by atoms with Gasteiger partial charge in [0.1, 0.15) is 5.15 Å². The lowest BCUT2D eigenvalue weighted by molar-refractivity contribution is 0.167. The van der Waals surface area contributed by atoms with Gasteiger partial charge in [-0.05, 0) is 38.4 Å². The van der Waals surface area contributed by atoms with Crippen molar-refractivity contribution in [1.29, 1.82) is 0 Å². The van der Waals surface area contributed by atoms with Crippen molar-refractivity contribution in [2.45, 2.75) is 32.2 Å². The number of pyridine rings is 1. The molecule has 0 bridgehead atoms. The lowest BCUT2D eigenvalue weighted by Gasteiger charge is -2.33. The summed E-state index contributed by atoms with van der Waals surface area (Å²) in [5.41, 5.74) is 1.05. The number of piperidine rings is 1. The van der Waals surface area contributed by atoms with Crippen LogP contribution in [0.15, 0.2) is 18.3 Å². The van der Waals surface area contributed by atoms with Gasteiger partial charge in [-0.25, -0.2) is 4.98 Å². The smallest absolute Gasteiger partial charge is 0.131 e. The summed E-state index contributed by atoms with van der Waals surface area (Å²) in [4.78, 5) is 6.52. The molecule has 1 unspecified atom stereocenters. The number of nitrogens with zero attached hydrogens (tertiary/aromatic N) is 2. The van der Waals surface area contributed by atoms with Crippen molar-refractivity contribution in [3.8, 4) is 0 Å². The van der Waals surface area contributed by atoms with E-state index in [1.54, 1.807) is 6.20 Å². The highest BCUT2D eigenvalue weighted by atomic mass is 35.5. The lowest BCUT2D eigenvalue weighted by Crippen LogP contribution is -2.40. The number of hydrogen-bond acceptors (Lipinski definition) is 3. The number of rotatable bonds is 4. The highest BCUT2D eigenvalue weighted by Gasteiger charge is 2.16. The second kappa shape index (κ2) is 6.22. The van der Waals surface area contributed by atoms with Gasteiger partial charge in [0.2, 0.25) is 0 Å². The predicted octanol–water partition coefficient (Wildman–Crippen LogP) is 3.02. The van der Waals surface area contributed by atoms with Crippen LogP contribution in [-0.4, -0.2) is 35.6 Å². The van der Waals surface area contributed by atoms with Gasteiger partial charge in [0.25, 0.3) is 0 Å². The summed E-state index contributed by atoms with van der Waals surface area (Å²) >= 11 is 5.83. The minimum Gasteiger partial charge on any atom is -0.384 e. The van der Waals surface area contributed by atoms with Crippen molar-refractivity contribution in [3.05, 3.63) is 23.5 Å². The van der Waals surface area contributed by atoms with E-state index in [1.807, 2.05) is 12.1 Å². The van der Waals surface area contributed by atoms with Crippen LogP contribution in [0.1, 0.15) is 26.2 Å². The molecule has 1 aromatic heterocycles. The number of likely N-dealkylation sites (tertiary alicyclic amines) is 1. The van der Waals surface area contributed by atoms with Crippen molar-refractivity contribution in [2.75, 3.05) is 25.0 Å². The molecule has 1 aromatic rings. The molecule has 0 aromatic carbocycles. The largest absolute Gasteiger partial charge is 0.384 e. The molecule has 2 rings (SSSR count). The Kier molecular flexibility index (Phi) is 4.63. The summed E-state index contributed by atoms with van der Waals surface area (Å²) in [7, 11) is 0. The average Bonchev–Trinajstić information content (AvgIpc) is 2.32. The SMILES string of the molecule is CC1CCCCN1CCNc1ccnc(Cl)c1. The van der Waals surface area contributed by atoms with Gasteiger partial charge >= 0.3 is 0 Å². The molecule has 94 valence electrons. The first-order valence-electron chi connectivity index (χ1n) is 6.35. The van der Waals surface area contributed by atoms with Crippen LogP contribution in [0.3, 0.4) is 0 Å². The Morgan fingerprint density at radius 3 is 3.18 bits per heavy atom. The van der Waals surface area contributed by atoms with Crippen molar-refractivity contribution in [3.63, 3.8) is 0 Å². The number of nitrogens with one attached hydrogen (secondary N) is 1. The number of aromatic nitrogens is 1. The van der Waals surface area contributed by atoms with Gasteiger partial charge < -0.3 is 5.32 Å². The van der Waals surface area contributed by atoms with E-state index in [9.17, 15) is 0 Å². The number of halogens is 1. The molecule has 1 fully saturated rings. The first-order chi connectivity index (χ1) is 8.25. The average molecular weight is 254 g/mol. The van der Waals surface area contributed by atoms with Crippen LogP contribution in [0.5, 0.6) is 0 Å². The Balaban J connectivity index is 1.75. The molecule has 1 N–H and O–H groups in total. The maximum atomic E-state index is 5.83. The molecule has 2 heterocycles. The second-order valence-electron chi connectivity index (χ2n) is 4.67. The van der Waals surface area contributed by atoms with Crippen LogP contribution >= 0.6 is 11.6 Å². The fraction of sp³-hybridized carbons (Fsp3) is 0.615. The first kappa shape index (κ1) is 12.7. The zero-order valence-corrected chi connectivity index (χ0v) is 11.1. The molecule has 1 saturated heterocycles. The highest BCUT2D eigenvalue weighted by Crippen LogP contribution is 2.16. The molecule has 17 heavy (non-hydrogen) atoms. The van der Waals surface area contributed by atoms with E-state index >= 15 is 0 Å². The molecule has 1 aliphatic rings. The van der Waals surface area contributed by atoms with Gasteiger partial charge in [-0.15, -0.1) is 0 Å². The van der Waals surface area contributed by atoms with Crippen molar-refractivity contribution < 1.29 is 0 Å². The van der Waals surface area contributed by atoms with Gasteiger partial charge in [-0.3, -0.25) is 4.90 Å². The van der Waals surface area contributed by atoms with E-state index in [0.29, 0.717) is 5.15 Å². The second-order valence-corrected chi connectivity index (χ2v) is 5.06. The summed E-state index contributed by atoms with van der Waals surface area (Å²) in [6.07, 6.45) is 5.78. The Bertz CT molecular complexity index is 356. The Morgan fingerprint density at radius 1 is 1.53 bits per heavy atom. The monoisotopic (exact) mass is 253 g/mol. The van der Waals surface area contributed by atoms with E-state index in [4.69, 9.17) is 11.6 Å². The highest BCUT2D eigenvalue weighted by molar-refractivity contribution is 6.29. The molecule has 4 heteroatoms. The Morgan fingerprint density at radius 2 is 2.41 bits per heavy atom. The van der Waals surface area contributed by atoms with Crippen LogP contribution in [0.25, 0.3) is 0 Å². The summed E-state index contributed by atoms with van der Waals surface area (Å²) < 4.78 is 0. The van der Waals surface area contributed by atoms with Crippen molar-refractivity contribution in [2.24, 2.45) is 0 Å². The standard InChI is InChI=1S/C13H20ClN3/c1-11-4-2-3-8-17(11)9-7-15-12-5-6-16-13(14)10-12/h5-6,10-11H,2-4,7-9H2,1H3,(H,15,16). The quantitative estimate of drug-likeness (QED) is 0.836. The lowest BCUT2D eigenvalue weighted by atomic mass is 10.0. The topological polar surface area (TPSA) is 28.2 Å². The number of hydrogen-bond donors (Lipinski definition) is 1. The maximum absolute atomic E-state index is 5.83. The minimum atomic E-state index is 0.543. The van der Waals surface area contributed by atoms with Crippen LogP contribution in [0.4, 0.5) is 5.69 Å². The van der Waals surface area contributed by atoms with Gasteiger partial charge in [-0.1, -0.05) is 18.0 Å². The van der Waals surface area contributed by atoms with Gasteiger partial charge in [0.15, 0.2) is 0 Å². The normalized spacial score (nSPS) is 21.4. The molecule has 1 atom stereocenters. The molecule has 0 saturated carbocycles. The fourth-order valence-corrected chi connectivity index (χ4v) is 2.52. The first-order valence-corrected chi connectivity index (χ1v) is 6.73. The van der Waals surface area contributed by atoms with E-state index in [1.165, 1.54) is 25.8 Å².